The highest BCUT2D eigenvalue weighted by molar-refractivity contribution is 7.80. The van der Waals surface area contributed by atoms with Gasteiger partial charge in [0.15, 0.2) is 0 Å². The number of thiol groups is 1. The van der Waals surface area contributed by atoms with Crippen molar-refractivity contribution in [1.82, 2.24) is 9.78 Å². The predicted molar refractivity (Wildman–Crippen MR) is 67.1 cm³/mol. The fourth-order valence-corrected chi connectivity index (χ4v) is 1.82. The second kappa shape index (κ2) is 4.61. The van der Waals surface area contributed by atoms with Crippen molar-refractivity contribution >= 4 is 12.6 Å². The number of aromatic nitrogens is 2. The lowest BCUT2D eigenvalue weighted by Crippen LogP contribution is -1.92. The lowest BCUT2D eigenvalue weighted by atomic mass is 10.1. The van der Waals surface area contributed by atoms with E-state index in [1.807, 2.05) is 35.3 Å². The second-order valence-corrected chi connectivity index (χ2v) is 4.02. The summed E-state index contributed by atoms with van der Waals surface area (Å²) >= 11 is 4.35. The Morgan fingerprint density at radius 3 is 2.75 bits per heavy atom. The van der Waals surface area contributed by atoms with Crippen molar-refractivity contribution in [3.8, 4) is 16.9 Å². The molecule has 84 valence electrons. The number of benzene rings is 1. The fraction of sp³-hybridized carbons (Fsp3) is 0.250. The SMILES string of the molecule is CCn1cc(-c2cc(S)cc(OC)c2)cn1. The van der Waals surface area contributed by atoms with Crippen LogP contribution in [0.3, 0.4) is 0 Å². The first-order valence-corrected chi connectivity index (χ1v) is 5.58. The maximum atomic E-state index is 5.21. The summed E-state index contributed by atoms with van der Waals surface area (Å²) in [6, 6.07) is 5.87. The van der Waals surface area contributed by atoms with Gasteiger partial charge in [0.05, 0.1) is 13.3 Å². The van der Waals surface area contributed by atoms with Crippen LogP contribution >= 0.6 is 12.6 Å². The first-order chi connectivity index (χ1) is 7.72. The molecule has 0 spiro atoms. The average molecular weight is 234 g/mol. The van der Waals surface area contributed by atoms with E-state index in [2.05, 4.69) is 24.7 Å². The highest BCUT2D eigenvalue weighted by atomic mass is 32.1. The van der Waals surface area contributed by atoms with E-state index in [9.17, 15) is 0 Å². The van der Waals surface area contributed by atoms with Gasteiger partial charge in [-0.1, -0.05) is 0 Å². The van der Waals surface area contributed by atoms with Crippen LogP contribution in [0.5, 0.6) is 5.75 Å². The van der Waals surface area contributed by atoms with Crippen LogP contribution < -0.4 is 4.74 Å². The van der Waals surface area contributed by atoms with Gasteiger partial charge < -0.3 is 4.74 Å². The molecule has 0 fully saturated rings. The number of aryl methyl sites for hydroxylation is 1. The molecule has 0 saturated heterocycles. The Kier molecular flexibility index (Phi) is 3.19. The van der Waals surface area contributed by atoms with E-state index in [0.29, 0.717) is 0 Å². The van der Waals surface area contributed by atoms with Gasteiger partial charge in [-0.05, 0) is 30.7 Å². The lowest BCUT2D eigenvalue weighted by molar-refractivity contribution is 0.414. The van der Waals surface area contributed by atoms with Gasteiger partial charge >= 0.3 is 0 Å². The van der Waals surface area contributed by atoms with Gasteiger partial charge in [-0.25, -0.2) is 0 Å². The molecular formula is C12H14N2OS. The molecule has 1 aromatic heterocycles. The molecule has 16 heavy (non-hydrogen) atoms. The van der Waals surface area contributed by atoms with Crippen molar-refractivity contribution in [3.63, 3.8) is 0 Å². The zero-order chi connectivity index (χ0) is 11.5. The van der Waals surface area contributed by atoms with Crippen molar-refractivity contribution in [3.05, 3.63) is 30.6 Å². The van der Waals surface area contributed by atoms with E-state index in [-0.39, 0.29) is 0 Å². The van der Waals surface area contributed by atoms with Crippen LogP contribution in [0.25, 0.3) is 11.1 Å². The lowest BCUT2D eigenvalue weighted by Gasteiger charge is -2.04. The molecule has 0 aliphatic rings. The van der Waals surface area contributed by atoms with Crippen LogP contribution in [0.15, 0.2) is 35.5 Å². The van der Waals surface area contributed by atoms with Crippen molar-refractivity contribution in [2.45, 2.75) is 18.4 Å². The molecule has 0 radical (unpaired) electrons. The summed E-state index contributed by atoms with van der Waals surface area (Å²) in [4.78, 5) is 0.888. The highest BCUT2D eigenvalue weighted by Crippen LogP contribution is 2.27. The maximum Gasteiger partial charge on any atom is 0.120 e. The molecule has 1 heterocycles. The van der Waals surface area contributed by atoms with Gasteiger partial charge in [0.1, 0.15) is 5.75 Å². The Hall–Kier alpha value is -1.42. The van der Waals surface area contributed by atoms with Gasteiger partial charge in [0, 0.05) is 23.2 Å². The minimum atomic E-state index is 0.812. The van der Waals surface area contributed by atoms with Gasteiger partial charge in [-0.3, -0.25) is 4.68 Å². The fourth-order valence-electron chi connectivity index (χ4n) is 1.55. The number of hydrogen-bond donors (Lipinski definition) is 1. The Morgan fingerprint density at radius 1 is 1.31 bits per heavy atom. The molecule has 0 aliphatic carbocycles. The Balaban J connectivity index is 2.42. The molecule has 2 rings (SSSR count). The van der Waals surface area contributed by atoms with Crippen LogP contribution in [0, 0.1) is 0 Å². The molecule has 2 aromatic rings. The predicted octanol–water partition coefficient (Wildman–Crippen LogP) is 2.87. The minimum absolute atomic E-state index is 0.812. The zero-order valence-electron chi connectivity index (χ0n) is 9.34. The van der Waals surface area contributed by atoms with Crippen molar-refractivity contribution in [2.24, 2.45) is 0 Å². The minimum Gasteiger partial charge on any atom is -0.497 e. The summed E-state index contributed by atoms with van der Waals surface area (Å²) < 4.78 is 7.11. The first-order valence-electron chi connectivity index (χ1n) is 5.14. The van der Waals surface area contributed by atoms with Crippen LogP contribution in [0.4, 0.5) is 0 Å². The number of hydrogen-bond acceptors (Lipinski definition) is 3. The Morgan fingerprint density at radius 2 is 2.12 bits per heavy atom. The Bertz CT molecular complexity index is 494. The molecule has 0 bridgehead atoms. The number of ether oxygens (including phenoxy) is 1. The van der Waals surface area contributed by atoms with E-state index in [1.165, 1.54) is 0 Å². The smallest absolute Gasteiger partial charge is 0.120 e. The van der Waals surface area contributed by atoms with Crippen molar-refractivity contribution in [1.29, 1.82) is 0 Å². The number of nitrogens with zero attached hydrogens (tertiary/aromatic N) is 2. The molecule has 0 aliphatic heterocycles. The van der Waals surface area contributed by atoms with Crippen LogP contribution in [-0.4, -0.2) is 16.9 Å². The zero-order valence-corrected chi connectivity index (χ0v) is 10.2. The van der Waals surface area contributed by atoms with E-state index in [1.54, 1.807) is 7.11 Å². The molecule has 4 heteroatoms. The topological polar surface area (TPSA) is 27.1 Å². The monoisotopic (exact) mass is 234 g/mol. The average Bonchev–Trinajstić information content (AvgIpc) is 2.76. The third kappa shape index (κ3) is 2.22. The van der Waals surface area contributed by atoms with E-state index >= 15 is 0 Å². The highest BCUT2D eigenvalue weighted by Gasteiger charge is 2.04. The van der Waals surface area contributed by atoms with Crippen LogP contribution in [0.2, 0.25) is 0 Å². The summed E-state index contributed by atoms with van der Waals surface area (Å²) in [5, 5.41) is 4.25. The van der Waals surface area contributed by atoms with E-state index in [0.717, 1.165) is 28.3 Å². The molecule has 0 unspecified atom stereocenters. The summed E-state index contributed by atoms with van der Waals surface area (Å²) in [5.41, 5.74) is 2.15. The largest absolute Gasteiger partial charge is 0.497 e. The number of methoxy groups -OCH3 is 1. The molecule has 0 atom stereocenters. The summed E-state index contributed by atoms with van der Waals surface area (Å²) in [5.74, 6) is 0.812. The van der Waals surface area contributed by atoms with Gasteiger partial charge in [-0.2, -0.15) is 5.10 Å². The van der Waals surface area contributed by atoms with Gasteiger partial charge in [-0.15, -0.1) is 12.6 Å². The number of rotatable bonds is 3. The summed E-state index contributed by atoms with van der Waals surface area (Å²) in [6.45, 7) is 2.93. The molecule has 3 nitrogen and oxygen atoms in total. The molecule has 0 saturated carbocycles. The Labute approximate surface area is 100 Å². The quantitative estimate of drug-likeness (QED) is 0.827. The first kappa shape index (κ1) is 11.1. The summed E-state index contributed by atoms with van der Waals surface area (Å²) in [7, 11) is 1.65. The molecule has 0 N–H and O–H groups in total. The van der Waals surface area contributed by atoms with Crippen LogP contribution in [-0.2, 0) is 6.54 Å². The normalized spacial score (nSPS) is 10.4. The second-order valence-electron chi connectivity index (χ2n) is 3.50. The third-order valence-corrected chi connectivity index (χ3v) is 2.68. The molecule has 0 amide bonds. The third-order valence-electron chi connectivity index (χ3n) is 2.42. The van der Waals surface area contributed by atoms with Crippen molar-refractivity contribution in [2.75, 3.05) is 7.11 Å². The van der Waals surface area contributed by atoms with Crippen molar-refractivity contribution < 1.29 is 4.74 Å². The molecule has 1 aromatic carbocycles. The van der Waals surface area contributed by atoms with Gasteiger partial charge in [0.2, 0.25) is 0 Å². The van der Waals surface area contributed by atoms with Gasteiger partial charge in [0.25, 0.3) is 0 Å². The maximum absolute atomic E-state index is 5.21. The summed E-state index contributed by atoms with van der Waals surface area (Å²) in [6.07, 6.45) is 3.87. The standard InChI is InChI=1S/C12H14N2OS/c1-3-14-8-10(7-13-14)9-4-11(15-2)6-12(16)5-9/h4-8,16H,3H2,1-2H3. The molecular weight excluding hydrogens is 220 g/mol. The van der Waals surface area contributed by atoms with E-state index in [4.69, 9.17) is 4.74 Å². The van der Waals surface area contributed by atoms with E-state index < -0.39 is 0 Å². The van der Waals surface area contributed by atoms with Crippen LogP contribution in [0.1, 0.15) is 6.92 Å².